The van der Waals surface area contributed by atoms with Crippen molar-refractivity contribution in [2.45, 2.75) is 192 Å². The second kappa shape index (κ2) is 49.8. The lowest BCUT2D eigenvalue weighted by Gasteiger charge is -2.39. The summed E-state index contributed by atoms with van der Waals surface area (Å²) in [5.41, 5.74) is 0. The van der Waals surface area contributed by atoms with E-state index < -0.39 is 43.4 Å². The number of hydrogen-bond donors (Lipinski definition) is 4. The molecule has 6 unspecified atom stereocenters. The minimum Gasteiger partial charge on any atom is -0.457 e. The van der Waals surface area contributed by atoms with Gasteiger partial charge >= 0.3 is 5.97 Å². The Kier molecular flexibility index (Phi) is 45.4. The Morgan fingerprint density at radius 2 is 0.829 bits per heavy atom. The molecule has 0 aromatic heterocycles. The molecule has 0 aromatic carbocycles. The SMILES string of the molecule is CC/C=C\C/C=C\C/C=C\C/C=C\C/C=C\C/C=C\C/C=C\CCCC(=O)OC(COCCCCCCC/C=C\C/C=C\C/C=C\C/C=C\C/C=C\C/C=C\CC)COC1OC(CO)C(O)C(O)C1O. The standard InChI is InChI=1S/C61H94O9/c1-3-5-7-9-11-13-15-17-19-21-23-25-27-29-31-33-35-37-39-41-43-45-47-49-51-67-53-55(54-68-61-60(66)59(65)58(64)56(52-62)70-61)69-57(63)50-48-46-44-42-40-38-36-34-32-30-28-26-24-22-20-18-16-14-12-10-8-6-4-2/h5-8,11-14,17-20,23-26,29-32,35-38,42,44,55-56,58-62,64-66H,3-4,9-10,15-16,21-22,27-28,33-34,39-41,43,45-54H2,1-2H3/b7-5-,8-6-,13-11-,14-12-,19-17-,20-18-,25-23-,26-24-,31-29-,32-30-,37-35-,38-36-,44-42-. The van der Waals surface area contributed by atoms with Crippen LogP contribution in [-0.2, 0) is 23.7 Å². The molecular weight excluding hydrogens is 877 g/mol. The molecule has 0 radical (unpaired) electrons. The quantitative estimate of drug-likeness (QED) is 0.0268. The number of hydrogen-bond acceptors (Lipinski definition) is 9. The third kappa shape index (κ3) is 39.5. The van der Waals surface area contributed by atoms with Crippen LogP contribution in [0.3, 0.4) is 0 Å². The summed E-state index contributed by atoms with van der Waals surface area (Å²) >= 11 is 0. The van der Waals surface area contributed by atoms with Gasteiger partial charge in [-0.05, 0) is 116 Å². The Bertz CT molecular complexity index is 1620. The van der Waals surface area contributed by atoms with Gasteiger partial charge in [0.25, 0.3) is 0 Å². The van der Waals surface area contributed by atoms with Gasteiger partial charge in [-0.25, -0.2) is 0 Å². The molecule has 1 heterocycles. The molecule has 0 aliphatic carbocycles. The van der Waals surface area contributed by atoms with Gasteiger partial charge in [0.2, 0.25) is 0 Å². The molecule has 1 fully saturated rings. The highest BCUT2D eigenvalue weighted by atomic mass is 16.7. The van der Waals surface area contributed by atoms with Crippen LogP contribution >= 0.6 is 0 Å². The predicted molar refractivity (Wildman–Crippen MR) is 292 cm³/mol. The molecule has 9 heteroatoms. The maximum atomic E-state index is 12.8. The van der Waals surface area contributed by atoms with Gasteiger partial charge in [0, 0.05) is 13.0 Å². The molecular formula is C61H94O9. The summed E-state index contributed by atoms with van der Waals surface area (Å²) in [4.78, 5) is 12.8. The second-order valence-corrected chi connectivity index (χ2v) is 17.2. The van der Waals surface area contributed by atoms with E-state index in [1.807, 2.05) is 0 Å². The molecule has 392 valence electrons. The molecule has 0 saturated carbocycles. The van der Waals surface area contributed by atoms with Crippen LogP contribution in [0.25, 0.3) is 0 Å². The summed E-state index contributed by atoms with van der Waals surface area (Å²) in [6.07, 6.45) is 69.9. The number of carbonyl (C=O) groups excluding carboxylic acids is 1. The van der Waals surface area contributed by atoms with Gasteiger partial charge < -0.3 is 39.4 Å². The van der Waals surface area contributed by atoms with E-state index in [2.05, 4.69) is 172 Å². The van der Waals surface area contributed by atoms with Crippen LogP contribution in [0.15, 0.2) is 158 Å². The minimum absolute atomic E-state index is 0.0949. The van der Waals surface area contributed by atoms with Crippen LogP contribution in [0.2, 0.25) is 0 Å². The topological polar surface area (TPSA) is 135 Å². The maximum absolute atomic E-state index is 12.8. The van der Waals surface area contributed by atoms with Crippen molar-refractivity contribution in [2.75, 3.05) is 26.4 Å². The van der Waals surface area contributed by atoms with Gasteiger partial charge in [-0.1, -0.05) is 191 Å². The summed E-state index contributed by atoms with van der Waals surface area (Å²) in [6.45, 7) is 4.18. The van der Waals surface area contributed by atoms with Crippen molar-refractivity contribution in [3.63, 3.8) is 0 Å². The van der Waals surface area contributed by atoms with E-state index >= 15 is 0 Å². The average Bonchev–Trinajstić information content (AvgIpc) is 3.36. The first-order valence-electron chi connectivity index (χ1n) is 26.6. The zero-order valence-electron chi connectivity index (χ0n) is 43.2. The lowest BCUT2D eigenvalue weighted by molar-refractivity contribution is -0.305. The highest BCUT2D eigenvalue weighted by Gasteiger charge is 2.44. The Balaban J connectivity index is 2.29. The number of carbonyl (C=O) groups is 1. The van der Waals surface area contributed by atoms with E-state index in [9.17, 15) is 25.2 Å². The highest BCUT2D eigenvalue weighted by Crippen LogP contribution is 2.22. The van der Waals surface area contributed by atoms with Crippen LogP contribution in [0, 0.1) is 0 Å². The molecule has 1 aliphatic rings. The largest absolute Gasteiger partial charge is 0.457 e. The van der Waals surface area contributed by atoms with Crippen LogP contribution in [-0.4, -0.2) is 89.6 Å². The lowest BCUT2D eigenvalue weighted by Crippen LogP contribution is -2.59. The summed E-state index contributed by atoms with van der Waals surface area (Å²) in [7, 11) is 0. The van der Waals surface area contributed by atoms with Crippen LogP contribution < -0.4 is 0 Å². The summed E-state index contributed by atoms with van der Waals surface area (Å²) in [5.74, 6) is -0.386. The number of rotatable bonds is 43. The zero-order chi connectivity index (χ0) is 50.6. The fourth-order valence-electron chi connectivity index (χ4n) is 6.89. The minimum atomic E-state index is -1.56. The molecule has 0 amide bonds. The number of aliphatic hydroxyl groups is 4. The predicted octanol–water partition coefficient (Wildman–Crippen LogP) is 13.6. The average molecular weight is 971 g/mol. The van der Waals surface area contributed by atoms with E-state index in [1.54, 1.807) is 0 Å². The van der Waals surface area contributed by atoms with Crippen molar-refractivity contribution >= 4 is 5.97 Å². The van der Waals surface area contributed by atoms with Gasteiger partial charge in [-0.2, -0.15) is 0 Å². The number of allylic oxidation sites excluding steroid dienone is 26. The monoisotopic (exact) mass is 971 g/mol. The third-order valence-corrected chi connectivity index (χ3v) is 10.9. The molecule has 1 rings (SSSR count). The van der Waals surface area contributed by atoms with Gasteiger partial charge in [0.15, 0.2) is 6.29 Å². The van der Waals surface area contributed by atoms with Crippen LogP contribution in [0.5, 0.6) is 0 Å². The van der Waals surface area contributed by atoms with Crippen LogP contribution in [0.4, 0.5) is 0 Å². The third-order valence-electron chi connectivity index (χ3n) is 10.9. The van der Waals surface area contributed by atoms with Crippen molar-refractivity contribution in [2.24, 2.45) is 0 Å². The molecule has 70 heavy (non-hydrogen) atoms. The fourth-order valence-corrected chi connectivity index (χ4v) is 6.89. The van der Waals surface area contributed by atoms with Crippen molar-refractivity contribution in [1.82, 2.24) is 0 Å². The van der Waals surface area contributed by atoms with E-state index in [0.717, 1.165) is 128 Å². The normalized spacial score (nSPS) is 20.2. The van der Waals surface area contributed by atoms with Crippen molar-refractivity contribution in [3.05, 3.63) is 158 Å². The lowest BCUT2D eigenvalue weighted by atomic mass is 9.99. The first-order chi connectivity index (χ1) is 34.4. The van der Waals surface area contributed by atoms with E-state index in [0.29, 0.717) is 13.0 Å². The highest BCUT2D eigenvalue weighted by molar-refractivity contribution is 5.69. The smallest absolute Gasteiger partial charge is 0.306 e. The van der Waals surface area contributed by atoms with Crippen molar-refractivity contribution in [1.29, 1.82) is 0 Å². The zero-order valence-corrected chi connectivity index (χ0v) is 43.2. The van der Waals surface area contributed by atoms with Crippen molar-refractivity contribution in [3.8, 4) is 0 Å². The number of aliphatic hydroxyl groups excluding tert-OH is 4. The number of ether oxygens (including phenoxy) is 4. The Morgan fingerprint density at radius 1 is 0.457 bits per heavy atom. The Morgan fingerprint density at radius 3 is 1.24 bits per heavy atom. The molecule has 9 nitrogen and oxygen atoms in total. The van der Waals surface area contributed by atoms with E-state index in [-0.39, 0.29) is 25.6 Å². The Hall–Kier alpha value is -4.19. The van der Waals surface area contributed by atoms with E-state index in [4.69, 9.17) is 18.9 Å². The molecule has 6 atom stereocenters. The molecule has 0 bridgehead atoms. The summed E-state index contributed by atoms with van der Waals surface area (Å²) < 4.78 is 22.8. The number of unbranched alkanes of at least 4 members (excludes halogenated alkanes) is 6. The molecule has 1 saturated heterocycles. The summed E-state index contributed by atoms with van der Waals surface area (Å²) in [6, 6.07) is 0. The molecule has 0 spiro atoms. The first kappa shape index (κ1) is 63.8. The fraction of sp³-hybridized carbons (Fsp3) is 0.557. The Labute approximate surface area is 424 Å². The van der Waals surface area contributed by atoms with Gasteiger partial charge in [0.05, 0.1) is 19.8 Å². The van der Waals surface area contributed by atoms with Crippen LogP contribution in [0.1, 0.15) is 155 Å². The summed E-state index contributed by atoms with van der Waals surface area (Å²) in [5, 5.41) is 40.3. The molecule has 1 aliphatic heterocycles. The second-order valence-electron chi connectivity index (χ2n) is 17.2. The van der Waals surface area contributed by atoms with E-state index in [1.165, 1.54) is 0 Å². The molecule has 0 aromatic rings. The van der Waals surface area contributed by atoms with Crippen molar-refractivity contribution < 1.29 is 44.2 Å². The number of esters is 1. The van der Waals surface area contributed by atoms with Gasteiger partial charge in [0.1, 0.15) is 30.5 Å². The van der Waals surface area contributed by atoms with Gasteiger partial charge in [-0.3, -0.25) is 4.79 Å². The first-order valence-corrected chi connectivity index (χ1v) is 26.6. The van der Waals surface area contributed by atoms with Gasteiger partial charge in [-0.15, -0.1) is 0 Å². The molecule has 4 N–H and O–H groups in total. The maximum Gasteiger partial charge on any atom is 0.306 e.